The average Bonchev–Trinajstić information content (AvgIpc) is 2.43. The molecule has 0 spiro atoms. The van der Waals surface area contributed by atoms with Gasteiger partial charge in [-0.3, -0.25) is 4.79 Å². The number of rotatable bonds is 4. The topological polar surface area (TPSA) is 29.1 Å². The fourth-order valence-electron chi connectivity index (χ4n) is 2.44. The number of nitrogens with one attached hydrogen (secondary N) is 1. The Balaban J connectivity index is 1.97. The molecule has 1 N–H and O–H groups in total. The lowest BCUT2D eigenvalue weighted by atomic mass is 10.0. The van der Waals surface area contributed by atoms with E-state index in [9.17, 15) is 4.79 Å². The van der Waals surface area contributed by atoms with Crippen LogP contribution in [-0.2, 0) is 4.79 Å². The Labute approximate surface area is 144 Å². The predicted molar refractivity (Wildman–Crippen MR) is 94.0 cm³/mol. The number of hydrogen-bond donors (Lipinski definition) is 1. The molecular weight excluding hydrogens is 349 g/mol. The molecule has 21 heavy (non-hydrogen) atoms. The fourth-order valence-corrected chi connectivity index (χ4v) is 4.71. The molecule has 2 rings (SSSR count). The molecule has 0 aliphatic heterocycles. The second-order valence-corrected chi connectivity index (χ2v) is 8.17. The Morgan fingerprint density at radius 2 is 1.76 bits per heavy atom. The van der Waals surface area contributed by atoms with Gasteiger partial charge in [0.05, 0.1) is 21.0 Å². The Morgan fingerprint density at radius 1 is 1.19 bits per heavy atom. The van der Waals surface area contributed by atoms with Crippen LogP contribution >= 0.6 is 46.6 Å². The van der Waals surface area contributed by atoms with Gasteiger partial charge in [-0.25, -0.2) is 0 Å². The van der Waals surface area contributed by atoms with Crippen LogP contribution in [0.2, 0.25) is 15.1 Å². The minimum absolute atomic E-state index is 0.0725. The number of amides is 1. The van der Waals surface area contributed by atoms with E-state index >= 15 is 0 Å². The van der Waals surface area contributed by atoms with Crippen molar-refractivity contribution in [2.45, 2.75) is 49.5 Å². The molecule has 0 bridgehead atoms. The van der Waals surface area contributed by atoms with Gasteiger partial charge in [0, 0.05) is 10.3 Å². The first-order valence-electron chi connectivity index (χ1n) is 7.08. The van der Waals surface area contributed by atoms with E-state index in [0.717, 1.165) is 0 Å². The van der Waals surface area contributed by atoms with Crippen molar-refractivity contribution in [2.24, 2.45) is 0 Å². The van der Waals surface area contributed by atoms with E-state index in [1.807, 2.05) is 6.92 Å². The van der Waals surface area contributed by atoms with Crippen LogP contribution in [0.25, 0.3) is 0 Å². The smallest absolute Gasteiger partial charge is 0.237 e. The third kappa shape index (κ3) is 4.95. The molecule has 1 aliphatic carbocycles. The molecule has 1 unspecified atom stereocenters. The van der Waals surface area contributed by atoms with Crippen molar-refractivity contribution in [3.63, 3.8) is 0 Å². The van der Waals surface area contributed by atoms with Crippen molar-refractivity contribution in [1.82, 2.24) is 0 Å². The van der Waals surface area contributed by atoms with Crippen molar-refractivity contribution < 1.29 is 4.79 Å². The molecule has 1 amide bonds. The van der Waals surface area contributed by atoms with Crippen LogP contribution < -0.4 is 5.32 Å². The zero-order valence-corrected chi connectivity index (χ0v) is 14.9. The highest BCUT2D eigenvalue weighted by Crippen LogP contribution is 2.35. The second-order valence-electron chi connectivity index (χ2n) is 5.27. The van der Waals surface area contributed by atoms with E-state index < -0.39 is 0 Å². The van der Waals surface area contributed by atoms with Crippen LogP contribution in [0.5, 0.6) is 0 Å². The number of hydrogen-bond acceptors (Lipinski definition) is 2. The van der Waals surface area contributed by atoms with Gasteiger partial charge >= 0.3 is 0 Å². The number of carbonyl (C=O) groups excluding carboxylic acids is 1. The normalized spacial score (nSPS) is 17.5. The maximum Gasteiger partial charge on any atom is 0.237 e. The van der Waals surface area contributed by atoms with Gasteiger partial charge in [-0.05, 0) is 31.9 Å². The molecule has 0 saturated heterocycles. The SMILES string of the molecule is CC(SC1CCCCC1)C(=O)Nc1c(Cl)cc(Cl)cc1Cl. The molecule has 6 heteroatoms. The molecule has 1 fully saturated rings. The number of anilines is 1. The van der Waals surface area contributed by atoms with E-state index in [1.165, 1.54) is 32.1 Å². The van der Waals surface area contributed by atoms with Gasteiger partial charge in [-0.2, -0.15) is 0 Å². The summed E-state index contributed by atoms with van der Waals surface area (Å²) in [6.07, 6.45) is 6.24. The van der Waals surface area contributed by atoms with Gasteiger partial charge in [0.15, 0.2) is 0 Å². The first-order valence-corrected chi connectivity index (χ1v) is 9.16. The van der Waals surface area contributed by atoms with Crippen molar-refractivity contribution in [1.29, 1.82) is 0 Å². The Bertz CT molecular complexity index is 495. The standard InChI is InChI=1S/C15H18Cl3NOS/c1-9(21-11-5-3-2-4-6-11)15(20)19-14-12(17)7-10(16)8-13(14)18/h7-9,11H,2-6H2,1H3,(H,19,20). The van der Waals surface area contributed by atoms with E-state index in [-0.39, 0.29) is 11.2 Å². The van der Waals surface area contributed by atoms with Crippen LogP contribution in [0.15, 0.2) is 12.1 Å². The molecule has 0 aromatic heterocycles. The summed E-state index contributed by atoms with van der Waals surface area (Å²) >= 11 is 19.8. The summed E-state index contributed by atoms with van der Waals surface area (Å²) in [7, 11) is 0. The summed E-state index contributed by atoms with van der Waals surface area (Å²) in [4.78, 5) is 12.3. The van der Waals surface area contributed by atoms with Crippen LogP contribution in [0, 0.1) is 0 Å². The molecule has 1 aliphatic rings. The Hall–Kier alpha value is -0.0900. The van der Waals surface area contributed by atoms with Gasteiger partial charge < -0.3 is 5.32 Å². The second kappa shape index (κ2) is 7.96. The third-order valence-electron chi connectivity index (χ3n) is 3.57. The number of halogens is 3. The van der Waals surface area contributed by atoms with Crippen LogP contribution in [0.4, 0.5) is 5.69 Å². The van der Waals surface area contributed by atoms with Gasteiger partial charge in [-0.15, -0.1) is 11.8 Å². The summed E-state index contributed by atoms with van der Waals surface area (Å²) in [6.45, 7) is 1.92. The van der Waals surface area contributed by atoms with Crippen molar-refractivity contribution >= 4 is 58.2 Å². The zero-order chi connectivity index (χ0) is 15.4. The van der Waals surface area contributed by atoms with Crippen LogP contribution in [0.1, 0.15) is 39.0 Å². The van der Waals surface area contributed by atoms with Crippen LogP contribution in [-0.4, -0.2) is 16.4 Å². The van der Waals surface area contributed by atoms with Crippen molar-refractivity contribution in [3.05, 3.63) is 27.2 Å². The maximum atomic E-state index is 12.3. The Morgan fingerprint density at radius 3 is 2.33 bits per heavy atom. The summed E-state index contributed by atoms with van der Waals surface area (Å²) in [5.74, 6) is -0.0725. The van der Waals surface area contributed by atoms with Crippen LogP contribution in [0.3, 0.4) is 0 Å². The summed E-state index contributed by atoms with van der Waals surface area (Å²) in [6, 6.07) is 3.15. The third-order valence-corrected chi connectivity index (χ3v) is 5.87. The lowest BCUT2D eigenvalue weighted by Gasteiger charge is -2.24. The summed E-state index contributed by atoms with van der Waals surface area (Å²) in [5, 5.41) is 4.43. The zero-order valence-electron chi connectivity index (χ0n) is 11.8. The molecule has 2 nitrogen and oxygen atoms in total. The highest BCUT2D eigenvalue weighted by atomic mass is 35.5. The monoisotopic (exact) mass is 365 g/mol. The molecule has 1 atom stereocenters. The lowest BCUT2D eigenvalue weighted by molar-refractivity contribution is -0.115. The number of carbonyl (C=O) groups is 1. The van der Waals surface area contributed by atoms with Gasteiger partial charge in [0.2, 0.25) is 5.91 Å². The molecule has 0 radical (unpaired) electrons. The van der Waals surface area contributed by atoms with Gasteiger partial charge in [0.1, 0.15) is 0 Å². The van der Waals surface area contributed by atoms with E-state index in [2.05, 4.69) is 5.32 Å². The maximum absolute atomic E-state index is 12.3. The predicted octanol–water partition coefficient (Wildman–Crippen LogP) is 6.04. The first kappa shape index (κ1) is 17.3. The minimum Gasteiger partial charge on any atom is -0.323 e. The molecule has 0 heterocycles. The molecule has 1 aromatic rings. The molecule has 116 valence electrons. The number of benzene rings is 1. The summed E-state index contributed by atoms with van der Waals surface area (Å²) < 4.78 is 0. The van der Waals surface area contributed by atoms with E-state index in [1.54, 1.807) is 23.9 Å². The van der Waals surface area contributed by atoms with Crippen molar-refractivity contribution in [3.8, 4) is 0 Å². The first-order chi connectivity index (χ1) is 9.97. The Kier molecular flexibility index (Phi) is 6.54. The number of thioether (sulfide) groups is 1. The fraction of sp³-hybridized carbons (Fsp3) is 0.533. The quantitative estimate of drug-likeness (QED) is 0.703. The average molecular weight is 367 g/mol. The largest absolute Gasteiger partial charge is 0.323 e. The molecule has 1 saturated carbocycles. The van der Waals surface area contributed by atoms with E-state index in [4.69, 9.17) is 34.8 Å². The van der Waals surface area contributed by atoms with E-state index in [0.29, 0.717) is 26.0 Å². The minimum atomic E-state index is -0.129. The highest BCUT2D eigenvalue weighted by molar-refractivity contribution is 8.01. The molecular formula is C15H18Cl3NOS. The van der Waals surface area contributed by atoms with Gasteiger partial charge in [0.25, 0.3) is 0 Å². The van der Waals surface area contributed by atoms with Crippen molar-refractivity contribution in [2.75, 3.05) is 5.32 Å². The highest BCUT2D eigenvalue weighted by Gasteiger charge is 2.22. The lowest BCUT2D eigenvalue weighted by Crippen LogP contribution is -2.25. The summed E-state index contributed by atoms with van der Waals surface area (Å²) in [5.41, 5.74) is 0.434. The van der Waals surface area contributed by atoms with Gasteiger partial charge in [-0.1, -0.05) is 54.1 Å². The molecule has 1 aromatic carbocycles.